The monoisotopic (exact) mass is 826 g/mol. The highest BCUT2D eigenvalue weighted by molar-refractivity contribution is 5.81. The number of anilines is 10. The molecule has 4 nitrogen and oxygen atoms in total. The second-order valence-corrected chi connectivity index (χ2v) is 16.2. The first kappa shape index (κ1) is 40.0. The number of para-hydroxylation sites is 6. The Balaban J connectivity index is 0.876. The van der Waals surface area contributed by atoms with Crippen molar-refractivity contribution in [2.45, 2.75) is 12.8 Å². The van der Waals surface area contributed by atoms with Gasteiger partial charge < -0.3 is 19.6 Å². The Morgan fingerprint density at radius 1 is 0.234 bits per heavy atom. The van der Waals surface area contributed by atoms with Gasteiger partial charge in [-0.05, 0) is 158 Å². The Bertz CT molecular complexity index is 2580. The third kappa shape index (κ3) is 8.68. The van der Waals surface area contributed by atoms with Gasteiger partial charge in [-0.15, -0.1) is 0 Å². The summed E-state index contributed by atoms with van der Waals surface area (Å²) in [4.78, 5) is 9.37. The summed E-state index contributed by atoms with van der Waals surface area (Å²) in [5.74, 6) is 0.795. The molecule has 0 N–H and O–H groups in total. The zero-order chi connectivity index (χ0) is 42.9. The lowest BCUT2D eigenvalue weighted by atomic mass is 9.81. The zero-order valence-electron chi connectivity index (χ0n) is 35.8. The van der Waals surface area contributed by atoms with E-state index in [1.165, 1.54) is 11.4 Å². The maximum atomic E-state index is 2.43. The molecule has 2 aliphatic carbocycles. The molecular formula is C60H50N4. The smallest absolute Gasteiger partial charge is 0.0463 e. The van der Waals surface area contributed by atoms with Crippen molar-refractivity contribution in [1.29, 1.82) is 0 Å². The minimum Gasteiger partial charge on any atom is -0.311 e. The number of allylic oxidation sites excluding steroid dienone is 6. The Kier molecular flexibility index (Phi) is 11.8. The van der Waals surface area contributed by atoms with Gasteiger partial charge in [0, 0.05) is 68.3 Å². The van der Waals surface area contributed by atoms with E-state index in [0.717, 1.165) is 69.7 Å². The van der Waals surface area contributed by atoms with Crippen molar-refractivity contribution in [3.63, 3.8) is 0 Å². The highest BCUT2D eigenvalue weighted by Gasteiger charge is 2.25. The maximum Gasteiger partial charge on any atom is 0.0463 e. The van der Waals surface area contributed by atoms with Crippen LogP contribution in [0.1, 0.15) is 12.8 Å². The maximum absolute atomic E-state index is 2.43. The molecule has 0 spiro atoms. The van der Waals surface area contributed by atoms with Gasteiger partial charge in [0.25, 0.3) is 0 Å². The second kappa shape index (κ2) is 18.9. The van der Waals surface area contributed by atoms with Crippen molar-refractivity contribution in [3.05, 3.63) is 278 Å². The third-order valence-electron chi connectivity index (χ3n) is 12.1. The normalized spacial score (nSPS) is 15.4. The van der Waals surface area contributed by atoms with Gasteiger partial charge in [-0.3, -0.25) is 0 Å². The molecule has 0 radical (unpaired) electrons. The Morgan fingerprint density at radius 3 is 0.656 bits per heavy atom. The van der Waals surface area contributed by atoms with E-state index in [4.69, 9.17) is 0 Å². The highest BCUT2D eigenvalue weighted by Crippen LogP contribution is 2.42. The van der Waals surface area contributed by atoms with Crippen LogP contribution in [0.5, 0.6) is 0 Å². The average Bonchev–Trinajstić information content (AvgIpc) is 3.38. The fourth-order valence-electron chi connectivity index (χ4n) is 8.97. The fraction of sp³-hybridized carbons (Fsp3) is 0.0667. The Hall–Kier alpha value is -8.08. The molecule has 2 unspecified atom stereocenters. The summed E-state index contributed by atoms with van der Waals surface area (Å²) in [5.41, 5.74) is 13.6. The zero-order valence-corrected chi connectivity index (χ0v) is 35.8. The number of hydrogen-bond acceptors (Lipinski definition) is 4. The van der Waals surface area contributed by atoms with E-state index < -0.39 is 0 Å². The van der Waals surface area contributed by atoms with E-state index in [9.17, 15) is 0 Å². The van der Waals surface area contributed by atoms with Gasteiger partial charge >= 0.3 is 0 Å². The van der Waals surface area contributed by atoms with Gasteiger partial charge in [-0.2, -0.15) is 0 Å². The lowest BCUT2D eigenvalue weighted by molar-refractivity contribution is 0.474. The first-order valence-corrected chi connectivity index (χ1v) is 22.2. The van der Waals surface area contributed by atoms with Gasteiger partial charge in [0.1, 0.15) is 0 Å². The molecule has 0 aromatic heterocycles. The molecule has 2 aliphatic rings. The van der Waals surface area contributed by atoms with Gasteiger partial charge in [0.15, 0.2) is 0 Å². The van der Waals surface area contributed by atoms with Gasteiger partial charge in [-0.1, -0.05) is 133 Å². The molecule has 0 amide bonds. The van der Waals surface area contributed by atoms with Gasteiger partial charge in [0.05, 0.1) is 0 Å². The number of nitrogens with zero attached hydrogens (tertiary/aromatic N) is 4. The predicted molar refractivity (Wildman–Crippen MR) is 270 cm³/mol. The van der Waals surface area contributed by atoms with Crippen LogP contribution in [-0.2, 0) is 0 Å². The topological polar surface area (TPSA) is 13.0 Å². The van der Waals surface area contributed by atoms with Crippen LogP contribution in [0.4, 0.5) is 56.9 Å². The van der Waals surface area contributed by atoms with Crippen molar-refractivity contribution in [1.82, 2.24) is 0 Å². The lowest BCUT2D eigenvalue weighted by Gasteiger charge is -2.33. The molecule has 310 valence electrons. The number of rotatable bonds is 13. The van der Waals surface area contributed by atoms with E-state index in [1.54, 1.807) is 0 Å². The molecule has 0 bridgehead atoms. The molecule has 0 saturated carbocycles. The summed E-state index contributed by atoms with van der Waals surface area (Å²) in [6.07, 6.45) is 16.3. The van der Waals surface area contributed by atoms with Crippen LogP contribution < -0.4 is 19.6 Å². The molecule has 0 aliphatic heterocycles. The van der Waals surface area contributed by atoms with Crippen LogP contribution in [-0.4, -0.2) is 0 Å². The molecule has 8 aromatic rings. The first-order valence-electron chi connectivity index (χ1n) is 22.2. The summed E-state index contributed by atoms with van der Waals surface area (Å²) < 4.78 is 0. The molecule has 8 aromatic carbocycles. The summed E-state index contributed by atoms with van der Waals surface area (Å²) in [6.45, 7) is 0. The average molecular weight is 827 g/mol. The second-order valence-electron chi connectivity index (χ2n) is 16.2. The fourth-order valence-corrected chi connectivity index (χ4v) is 8.97. The summed E-state index contributed by atoms with van der Waals surface area (Å²) in [7, 11) is 0. The molecule has 0 saturated heterocycles. The van der Waals surface area contributed by atoms with E-state index >= 15 is 0 Å². The molecular weight excluding hydrogens is 777 g/mol. The number of hydrogen-bond donors (Lipinski definition) is 0. The minimum atomic E-state index is 0.398. The first-order chi connectivity index (χ1) is 31.8. The predicted octanol–water partition coefficient (Wildman–Crippen LogP) is 16.5. The Labute approximate surface area is 377 Å². The van der Waals surface area contributed by atoms with Crippen LogP contribution in [0.25, 0.3) is 0 Å². The van der Waals surface area contributed by atoms with Crippen molar-refractivity contribution in [3.8, 4) is 0 Å². The quantitative estimate of drug-likeness (QED) is 0.115. The summed E-state index contributed by atoms with van der Waals surface area (Å²) >= 11 is 0. The molecule has 64 heavy (non-hydrogen) atoms. The van der Waals surface area contributed by atoms with Crippen molar-refractivity contribution < 1.29 is 0 Å². The standard InChI is InChI=1S/C60H50N4/c1-7-19-49(20-8-1)61(50-21-9-2-10-22-50)57-39-43-59(44-40-57)63(53-27-15-5-16-28-53)55-35-31-47(32-36-55)48-33-37-56(38-34-48)64(54-29-17-6-18-30-54)60-45-41-58(42-46-60)62(51-23-11-3-12-24-51)52-25-13-4-14-26-52/h1-31,33,35-48H,32,34H2. The third-order valence-corrected chi connectivity index (χ3v) is 12.1. The SMILES string of the molecule is C1=CC(C2C=CC(N(c3ccccc3)c3ccc(N(c4ccccc4)c4ccccc4)cc3)=CC2)CC=C1N(c1ccccc1)c1ccc(N(c2ccccc2)c2ccccc2)cc1. The van der Waals surface area contributed by atoms with Crippen LogP contribution in [0.3, 0.4) is 0 Å². The van der Waals surface area contributed by atoms with Crippen LogP contribution >= 0.6 is 0 Å². The molecule has 0 fully saturated rings. The number of benzene rings is 8. The van der Waals surface area contributed by atoms with E-state index in [0.29, 0.717) is 11.8 Å². The van der Waals surface area contributed by atoms with E-state index in [1.807, 2.05) is 0 Å². The van der Waals surface area contributed by atoms with Crippen molar-refractivity contribution in [2.24, 2.45) is 11.8 Å². The summed E-state index contributed by atoms with van der Waals surface area (Å²) in [6, 6.07) is 81.6. The lowest BCUT2D eigenvalue weighted by Crippen LogP contribution is -2.22. The molecule has 0 heterocycles. The minimum absolute atomic E-state index is 0.398. The molecule has 10 rings (SSSR count). The van der Waals surface area contributed by atoms with Gasteiger partial charge in [-0.25, -0.2) is 0 Å². The Morgan fingerprint density at radius 2 is 0.438 bits per heavy atom. The van der Waals surface area contributed by atoms with E-state index in [-0.39, 0.29) is 0 Å². The van der Waals surface area contributed by atoms with Crippen LogP contribution in [0.15, 0.2) is 278 Å². The van der Waals surface area contributed by atoms with Crippen molar-refractivity contribution >= 4 is 56.9 Å². The van der Waals surface area contributed by atoms with E-state index in [2.05, 4.69) is 287 Å². The molecule has 4 heteroatoms. The highest BCUT2D eigenvalue weighted by atomic mass is 15.2. The van der Waals surface area contributed by atoms with Crippen LogP contribution in [0, 0.1) is 11.8 Å². The van der Waals surface area contributed by atoms with Crippen LogP contribution in [0.2, 0.25) is 0 Å². The van der Waals surface area contributed by atoms with Gasteiger partial charge in [0.2, 0.25) is 0 Å². The van der Waals surface area contributed by atoms with Crippen molar-refractivity contribution in [2.75, 3.05) is 19.6 Å². The summed E-state index contributed by atoms with van der Waals surface area (Å²) in [5, 5.41) is 0. The largest absolute Gasteiger partial charge is 0.311 e. The molecule has 2 atom stereocenters.